The summed E-state index contributed by atoms with van der Waals surface area (Å²) in [5.74, 6) is 0. The summed E-state index contributed by atoms with van der Waals surface area (Å²) in [7, 11) is 0. The van der Waals surface area contributed by atoms with Crippen LogP contribution in [0, 0.1) is 0 Å². The van der Waals surface area contributed by atoms with Crippen molar-refractivity contribution in [1.82, 2.24) is 14.6 Å². The van der Waals surface area contributed by atoms with Gasteiger partial charge < -0.3 is 0 Å². The van der Waals surface area contributed by atoms with E-state index in [-0.39, 0.29) is 0 Å². The molecule has 3 heteroatoms. The van der Waals surface area contributed by atoms with Crippen molar-refractivity contribution in [3.63, 3.8) is 0 Å². The topological polar surface area (TPSA) is 30.2 Å². The predicted octanol–water partition coefficient (Wildman–Crippen LogP) is 2.40. The fraction of sp³-hybridized carbons (Fsp3) is 0. The average molecular weight is 195 g/mol. The number of fused-ring (bicyclic) bond motifs is 1. The molecule has 0 saturated carbocycles. The van der Waals surface area contributed by atoms with E-state index in [1.165, 1.54) is 0 Å². The molecule has 0 aliphatic rings. The summed E-state index contributed by atoms with van der Waals surface area (Å²) in [5.41, 5.74) is 3.15. The molecule has 15 heavy (non-hydrogen) atoms. The Morgan fingerprint density at radius 2 is 1.80 bits per heavy atom. The molecule has 0 bridgehead atoms. The Morgan fingerprint density at radius 3 is 2.67 bits per heavy atom. The van der Waals surface area contributed by atoms with E-state index in [4.69, 9.17) is 0 Å². The smallest absolute Gasteiger partial charge is 0.0914 e. The first-order chi connectivity index (χ1) is 7.43. The lowest BCUT2D eigenvalue weighted by molar-refractivity contribution is 0.947. The zero-order chi connectivity index (χ0) is 10.1. The molecule has 3 heterocycles. The highest BCUT2D eigenvalue weighted by Crippen LogP contribution is 2.15. The molecule has 0 atom stereocenters. The Hall–Kier alpha value is -2.16. The van der Waals surface area contributed by atoms with Crippen LogP contribution in [-0.2, 0) is 0 Å². The van der Waals surface area contributed by atoms with Crippen LogP contribution in [0.15, 0.2) is 55.0 Å². The van der Waals surface area contributed by atoms with Crippen molar-refractivity contribution in [3.8, 4) is 11.3 Å². The van der Waals surface area contributed by atoms with Crippen LogP contribution in [-0.4, -0.2) is 14.6 Å². The van der Waals surface area contributed by atoms with Gasteiger partial charge in [-0.1, -0.05) is 0 Å². The molecule has 0 spiro atoms. The molecule has 3 nitrogen and oxygen atoms in total. The van der Waals surface area contributed by atoms with Gasteiger partial charge in [-0.3, -0.25) is 4.98 Å². The molecule has 0 saturated heterocycles. The number of aromatic nitrogens is 3. The molecule has 3 aromatic rings. The Morgan fingerprint density at radius 1 is 0.933 bits per heavy atom. The van der Waals surface area contributed by atoms with Crippen molar-refractivity contribution in [2.45, 2.75) is 0 Å². The molecule has 3 rings (SSSR count). The van der Waals surface area contributed by atoms with Gasteiger partial charge in [0.1, 0.15) is 0 Å². The second-order valence-electron chi connectivity index (χ2n) is 3.33. The molecule has 0 fully saturated rings. The van der Waals surface area contributed by atoms with E-state index in [0.29, 0.717) is 0 Å². The zero-order valence-corrected chi connectivity index (χ0v) is 8.04. The number of rotatable bonds is 1. The van der Waals surface area contributed by atoms with Gasteiger partial charge in [0.2, 0.25) is 0 Å². The SMILES string of the molecule is c1cc2ccc(-c3ccncc3)nn2c1. The minimum atomic E-state index is 0.959. The summed E-state index contributed by atoms with van der Waals surface area (Å²) < 4.78 is 1.87. The Balaban J connectivity index is 2.19. The number of hydrogen-bond donors (Lipinski definition) is 0. The second kappa shape index (κ2) is 3.20. The highest BCUT2D eigenvalue weighted by Gasteiger charge is 1.99. The maximum atomic E-state index is 4.49. The minimum Gasteiger partial charge on any atom is -0.265 e. The van der Waals surface area contributed by atoms with Gasteiger partial charge in [0.25, 0.3) is 0 Å². The van der Waals surface area contributed by atoms with Crippen LogP contribution in [0.5, 0.6) is 0 Å². The van der Waals surface area contributed by atoms with Crippen molar-refractivity contribution in [2.75, 3.05) is 0 Å². The summed E-state index contributed by atoms with van der Waals surface area (Å²) in [5, 5.41) is 4.49. The van der Waals surface area contributed by atoms with E-state index in [0.717, 1.165) is 16.8 Å². The minimum absolute atomic E-state index is 0.959. The maximum Gasteiger partial charge on any atom is 0.0914 e. The third kappa shape index (κ3) is 1.38. The summed E-state index contributed by atoms with van der Waals surface area (Å²) in [6.45, 7) is 0. The average Bonchev–Trinajstić information content (AvgIpc) is 2.77. The van der Waals surface area contributed by atoms with Gasteiger partial charge in [0, 0.05) is 24.2 Å². The van der Waals surface area contributed by atoms with Gasteiger partial charge in [-0.25, -0.2) is 4.52 Å². The van der Waals surface area contributed by atoms with E-state index < -0.39 is 0 Å². The van der Waals surface area contributed by atoms with Gasteiger partial charge in [-0.2, -0.15) is 5.10 Å². The van der Waals surface area contributed by atoms with Crippen molar-refractivity contribution in [3.05, 3.63) is 55.0 Å². The molecule has 3 aromatic heterocycles. The lowest BCUT2D eigenvalue weighted by atomic mass is 10.2. The molecular weight excluding hydrogens is 186 g/mol. The van der Waals surface area contributed by atoms with Crippen molar-refractivity contribution in [2.24, 2.45) is 0 Å². The van der Waals surface area contributed by atoms with Gasteiger partial charge in [-0.15, -0.1) is 0 Å². The molecule has 0 aliphatic heterocycles. The monoisotopic (exact) mass is 195 g/mol. The lowest BCUT2D eigenvalue weighted by Gasteiger charge is -2.00. The van der Waals surface area contributed by atoms with E-state index >= 15 is 0 Å². The van der Waals surface area contributed by atoms with Crippen molar-refractivity contribution < 1.29 is 0 Å². The third-order valence-corrected chi connectivity index (χ3v) is 2.36. The van der Waals surface area contributed by atoms with Crippen LogP contribution < -0.4 is 0 Å². The zero-order valence-electron chi connectivity index (χ0n) is 8.04. The van der Waals surface area contributed by atoms with Crippen molar-refractivity contribution in [1.29, 1.82) is 0 Å². The van der Waals surface area contributed by atoms with Gasteiger partial charge >= 0.3 is 0 Å². The van der Waals surface area contributed by atoms with Crippen LogP contribution in [0.2, 0.25) is 0 Å². The van der Waals surface area contributed by atoms with Crippen LogP contribution in [0.25, 0.3) is 16.8 Å². The predicted molar refractivity (Wildman–Crippen MR) is 58.4 cm³/mol. The van der Waals surface area contributed by atoms with E-state index in [1.54, 1.807) is 12.4 Å². The highest BCUT2D eigenvalue weighted by molar-refractivity contribution is 5.60. The summed E-state index contributed by atoms with van der Waals surface area (Å²) >= 11 is 0. The number of nitrogens with zero attached hydrogens (tertiary/aromatic N) is 3. The molecule has 0 unspecified atom stereocenters. The standard InChI is InChI=1S/C12H9N3/c1-2-11-3-4-12(14-15(11)9-1)10-5-7-13-8-6-10/h1-9H. The van der Waals surface area contributed by atoms with E-state index in [2.05, 4.69) is 16.1 Å². The Kier molecular flexibility index (Phi) is 1.75. The van der Waals surface area contributed by atoms with Crippen LogP contribution in [0.4, 0.5) is 0 Å². The van der Waals surface area contributed by atoms with Crippen LogP contribution in [0.1, 0.15) is 0 Å². The third-order valence-electron chi connectivity index (χ3n) is 2.36. The summed E-state index contributed by atoms with van der Waals surface area (Å²) in [4.78, 5) is 3.99. The molecule has 0 amide bonds. The Bertz CT molecular complexity index is 584. The normalized spacial score (nSPS) is 10.7. The highest BCUT2D eigenvalue weighted by atomic mass is 15.2. The van der Waals surface area contributed by atoms with E-state index in [9.17, 15) is 0 Å². The van der Waals surface area contributed by atoms with Gasteiger partial charge in [0.15, 0.2) is 0 Å². The maximum absolute atomic E-state index is 4.49. The number of pyridine rings is 1. The fourth-order valence-corrected chi connectivity index (χ4v) is 1.60. The quantitative estimate of drug-likeness (QED) is 0.596. The molecule has 0 N–H and O–H groups in total. The molecule has 0 radical (unpaired) electrons. The summed E-state index contributed by atoms with van der Waals surface area (Å²) in [6, 6.07) is 12.0. The molecule has 0 aliphatic carbocycles. The van der Waals surface area contributed by atoms with Crippen LogP contribution in [0.3, 0.4) is 0 Å². The first kappa shape index (κ1) is 8.17. The first-order valence-corrected chi connectivity index (χ1v) is 4.78. The Labute approximate surface area is 87.0 Å². The van der Waals surface area contributed by atoms with Crippen LogP contribution >= 0.6 is 0 Å². The molecule has 72 valence electrons. The first-order valence-electron chi connectivity index (χ1n) is 4.78. The number of hydrogen-bond acceptors (Lipinski definition) is 2. The lowest BCUT2D eigenvalue weighted by Crippen LogP contribution is -1.92. The molecular formula is C12H9N3. The molecule has 0 aromatic carbocycles. The van der Waals surface area contributed by atoms with Gasteiger partial charge in [0.05, 0.1) is 11.2 Å². The van der Waals surface area contributed by atoms with Crippen molar-refractivity contribution >= 4 is 5.52 Å². The second-order valence-corrected chi connectivity index (χ2v) is 3.33. The van der Waals surface area contributed by atoms with E-state index in [1.807, 2.05) is 41.0 Å². The van der Waals surface area contributed by atoms with Gasteiger partial charge in [-0.05, 0) is 36.4 Å². The summed E-state index contributed by atoms with van der Waals surface area (Å²) in [6.07, 6.45) is 5.49. The fourth-order valence-electron chi connectivity index (χ4n) is 1.60. The largest absolute Gasteiger partial charge is 0.265 e.